The fraction of sp³-hybridized carbons (Fsp3) is 0.450. The average Bonchev–Trinajstić information content (AvgIpc) is 2.86. The maximum Gasteiger partial charge on any atom is 0.137 e. The average molecular weight is 350 g/mol. The second kappa shape index (κ2) is 7.93. The summed E-state index contributed by atoms with van der Waals surface area (Å²) >= 11 is 0. The van der Waals surface area contributed by atoms with Gasteiger partial charge in [0, 0.05) is 49.5 Å². The fourth-order valence-electron chi connectivity index (χ4n) is 3.77. The van der Waals surface area contributed by atoms with Crippen LogP contribution in [-0.2, 0) is 13.1 Å². The summed E-state index contributed by atoms with van der Waals surface area (Å²) in [6.07, 6.45) is 13.3. The fourth-order valence-corrected chi connectivity index (χ4v) is 3.77. The van der Waals surface area contributed by atoms with Crippen LogP contribution in [-0.4, -0.2) is 43.4 Å². The van der Waals surface area contributed by atoms with Crippen molar-refractivity contribution in [1.82, 2.24) is 29.6 Å². The van der Waals surface area contributed by atoms with Gasteiger partial charge in [-0.15, -0.1) is 0 Å². The topological polar surface area (TPSA) is 58.4 Å². The Morgan fingerprint density at radius 3 is 2.88 bits per heavy atom. The van der Waals surface area contributed by atoms with Crippen molar-refractivity contribution in [2.75, 3.05) is 13.1 Å². The van der Waals surface area contributed by atoms with E-state index in [1.54, 1.807) is 6.33 Å². The lowest BCUT2D eigenvalue weighted by Crippen LogP contribution is -2.35. The molecule has 0 bridgehead atoms. The van der Waals surface area contributed by atoms with Gasteiger partial charge in [0.1, 0.15) is 12.0 Å². The van der Waals surface area contributed by atoms with Crippen molar-refractivity contribution >= 4 is 5.65 Å². The molecule has 1 fully saturated rings. The molecule has 4 rings (SSSR count). The number of rotatable bonds is 5. The molecule has 0 aromatic carbocycles. The molecule has 1 saturated heterocycles. The summed E-state index contributed by atoms with van der Waals surface area (Å²) in [5, 5.41) is 3.52. The Balaban J connectivity index is 1.58. The molecule has 1 N–H and O–H groups in total. The lowest BCUT2D eigenvalue weighted by molar-refractivity contribution is 0.162. The van der Waals surface area contributed by atoms with E-state index in [1.807, 2.05) is 12.4 Å². The van der Waals surface area contributed by atoms with Gasteiger partial charge < -0.3 is 9.72 Å². The zero-order chi connectivity index (χ0) is 17.8. The zero-order valence-corrected chi connectivity index (χ0v) is 15.3. The summed E-state index contributed by atoms with van der Waals surface area (Å²) in [7, 11) is 0. The summed E-state index contributed by atoms with van der Waals surface area (Å²) in [5.41, 5.74) is 4.53. The van der Waals surface area contributed by atoms with Crippen LogP contribution in [0.3, 0.4) is 0 Å². The van der Waals surface area contributed by atoms with E-state index in [0.717, 1.165) is 43.1 Å². The maximum absolute atomic E-state index is 4.83. The van der Waals surface area contributed by atoms with E-state index < -0.39 is 0 Å². The summed E-state index contributed by atoms with van der Waals surface area (Å²) < 4.78 is 2.13. The minimum atomic E-state index is 0.553. The van der Waals surface area contributed by atoms with Gasteiger partial charge in [-0.2, -0.15) is 0 Å². The van der Waals surface area contributed by atoms with Gasteiger partial charge in [0.05, 0.1) is 5.69 Å². The molecule has 1 aliphatic rings. The van der Waals surface area contributed by atoms with Crippen LogP contribution < -0.4 is 5.32 Å². The van der Waals surface area contributed by atoms with E-state index in [4.69, 9.17) is 4.98 Å². The standard InChI is InChI=1S/C20H26N6/c1-16-4-5-20-24-18(14-26(20)11-16)13-25(12-17-9-22-15-23-10-17)19-3-2-7-21-8-6-19/h4-5,9-11,14-15,19,21H,2-3,6-8,12-13H2,1H3. The number of imidazole rings is 1. The minimum absolute atomic E-state index is 0.553. The van der Waals surface area contributed by atoms with Crippen molar-refractivity contribution in [1.29, 1.82) is 0 Å². The number of fused-ring (bicyclic) bond motifs is 1. The first-order valence-corrected chi connectivity index (χ1v) is 9.41. The normalized spacial score (nSPS) is 18.3. The quantitative estimate of drug-likeness (QED) is 0.766. The highest BCUT2D eigenvalue weighted by molar-refractivity contribution is 5.41. The predicted molar refractivity (Wildman–Crippen MR) is 102 cm³/mol. The van der Waals surface area contributed by atoms with Gasteiger partial charge in [-0.05, 0) is 50.9 Å². The lowest BCUT2D eigenvalue weighted by atomic mass is 10.1. The number of hydrogen-bond acceptors (Lipinski definition) is 5. The highest BCUT2D eigenvalue weighted by atomic mass is 15.2. The van der Waals surface area contributed by atoms with Gasteiger partial charge >= 0.3 is 0 Å². The van der Waals surface area contributed by atoms with E-state index in [1.165, 1.54) is 24.8 Å². The molecule has 26 heavy (non-hydrogen) atoms. The van der Waals surface area contributed by atoms with Crippen molar-refractivity contribution in [3.63, 3.8) is 0 Å². The van der Waals surface area contributed by atoms with E-state index in [9.17, 15) is 0 Å². The maximum atomic E-state index is 4.83. The number of pyridine rings is 1. The molecule has 6 heteroatoms. The van der Waals surface area contributed by atoms with Crippen LogP contribution >= 0.6 is 0 Å². The molecule has 0 spiro atoms. The Hall–Kier alpha value is -2.31. The first kappa shape index (κ1) is 17.1. The zero-order valence-electron chi connectivity index (χ0n) is 15.3. The second-order valence-corrected chi connectivity index (χ2v) is 7.19. The van der Waals surface area contributed by atoms with E-state index >= 15 is 0 Å². The van der Waals surface area contributed by atoms with Crippen LogP contribution in [0.2, 0.25) is 0 Å². The SMILES string of the molecule is Cc1ccc2nc(CN(Cc3cncnc3)C3CCCNCC3)cn2c1. The first-order valence-electron chi connectivity index (χ1n) is 9.41. The molecule has 3 aromatic rings. The van der Waals surface area contributed by atoms with Crippen molar-refractivity contribution in [2.24, 2.45) is 0 Å². The summed E-state index contributed by atoms with van der Waals surface area (Å²) in [5.74, 6) is 0. The molecule has 1 atom stereocenters. The molecular formula is C20H26N6. The van der Waals surface area contributed by atoms with Crippen molar-refractivity contribution in [3.05, 3.63) is 60.1 Å². The number of aryl methyl sites for hydroxylation is 1. The first-order chi connectivity index (χ1) is 12.8. The smallest absolute Gasteiger partial charge is 0.137 e. The van der Waals surface area contributed by atoms with Gasteiger partial charge in [0.2, 0.25) is 0 Å². The number of hydrogen-bond donors (Lipinski definition) is 1. The highest BCUT2D eigenvalue weighted by Gasteiger charge is 2.21. The Morgan fingerprint density at radius 2 is 2.00 bits per heavy atom. The van der Waals surface area contributed by atoms with E-state index in [0.29, 0.717) is 6.04 Å². The molecule has 1 aliphatic heterocycles. The third-order valence-corrected chi connectivity index (χ3v) is 5.08. The lowest BCUT2D eigenvalue weighted by Gasteiger charge is -2.30. The molecule has 136 valence electrons. The van der Waals surface area contributed by atoms with Gasteiger partial charge in [0.25, 0.3) is 0 Å². The number of nitrogens with one attached hydrogen (secondary N) is 1. The van der Waals surface area contributed by atoms with Gasteiger partial charge in [-0.1, -0.05) is 6.07 Å². The largest absolute Gasteiger partial charge is 0.317 e. The Labute approximate surface area is 154 Å². The molecule has 4 heterocycles. The second-order valence-electron chi connectivity index (χ2n) is 7.19. The molecule has 6 nitrogen and oxygen atoms in total. The Bertz CT molecular complexity index is 836. The van der Waals surface area contributed by atoms with Crippen molar-refractivity contribution in [3.8, 4) is 0 Å². The van der Waals surface area contributed by atoms with Gasteiger partial charge in [-0.25, -0.2) is 15.0 Å². The van der Waals surface area contributed by atoms with Crippen LogP contribution in [0.1, 0.15) is 36.1 Å². The molecule has 0 aliphatic carbocycles. The number of nitrogens with zero attached hydrogens (tertiary/aromatic N) is 5. The van der Waals surface area contributed by atoms with Crippen LogP contribution in [0.25, 0.3) is 5.65 Å². The Kier molecular flexibility index (Phi) is 5.22. The summed E-state index contributed by atoms with van der Waals surface area (Å²) in [4.78, 5) is 15.7. The molecule has 0 saturated carbocycles. The molecule has 1 unspecified atom stereocenters. The molecule has 0 radical (unpaired) electrons. The molecule has 0 amide bonds. The van der Waals surface area contributed by atoms with Crippen LogP contribution in [0.15, 0.2) is 43.2 Å². The van der Waals surface area contributed by atoms with Crippen LogP contribution in [0.4, 0.5) is 0 Å². The third kappa shape index (κ3) is 4.08. The van der Waals surface area contributed by atoms with Crippen molar-refractivity contribution < 1.29 is 0 Å². The molecular weight excluding hydrogens is 324 g/mol. The number of aromatic nitrogens is 4. The van der Waals surface area contributed by atoms with Gasteiger partial charge in [0.15, 0.2) is 0 Å². The summed E-state index contributed by atoms with van der Waals surface area (Å²) in [6.45, 7) is 6.02. The van der Waals surface area contributed by atoms with Crippen LogP contribution in [0.5, 0.6) is 0 Å². The van der Waals surface area contributed by atoms with Gasteiger partial charge in [-0.3, -0.25) is 4.90 Å². The monoisotopic (exact) mass is 350 g/mol. The summed E-state index contributed by atoms with van der Waals surface area (Å²) in [6, 6.07) is 4.75. The van der Waals surface area contributed by atoms with E-state index in [-0.39, 0.29) is 0 Å². The Morgan fingerprint density at radius 1 is 1.12 bits per heavy atom. The van der Waals surface area contributed by atoms with Crippen LogP contribution in [0, 0.1) is 6.92 Å². The minimum Gasteiger partial charge on any atom is -0.317 e. The van der Waals surface area contributed by atoms with E-state index in [2.05, 4.69) is 56.0 Å². The third-order valence-electron chi connectivity index (χ3n) is 5.08. The highest BCUT2D eigenvalue weighted by Crippen LogP contribution is 2.20. The van der Waals surface area contributed by atoms with Crippen molar-refractivity contribution in [2.45, 2.75) is 45.3 Å². The molecule has 3 aromatic heterocycles. The predicted octanol–water partition coefficient (Wildman–Crippen LogP) is 2.58.